The Balaban J connectivity index is 2.73. The van der Waals surface area contributed by atoms with E-state index in [1.165, 1.54) is 13.3 Å². The van der Waals surface area contributed by atoms with Gasteiger partial charge in [0.15, 0.2) is 17.9 Å². The van der Waals surface area contributed by atoms with Gasteiger partial charge in [-0.25, -0.2) is 4.98 Å². The van der Waals surface area contributed by atoms with Crippen molar-refractivity contribution >= 4 is 29.0 Å². The molecule has 3 nitrogen and oxygen atoms in total. The summed E-state index contributed by atoms with van der Waals surface area (Å²) in [5.74, 6) is 0.369. The maximum Gasteiger partial charge on any atom is 0.181 e. The summed E-state index contributed by atoms with van der Waals surface area (Å²) in [6, 6.07) is 3.23. The lowest BCUT2D eigenvalue weighted by molar-refractivity contribution is 0.101. The first-order chi connectivity index (χ1) is 8.02. The minimum atomic E-state index is -0.120. The van der Waals surface area contributed by atoms with E-state index in [9.17, 15) is 4.79 Å². The predicted molar refractivity (Wildman–Crippen MR) is 66.7 cm³/mol. The molecule has 0 aliphatic heterocycles. The number of halogens is 2. The van der Waals surface area contributed by atoms with E-state index in [0.29, 0.717) is 32.6 Å². The number of hydrogen-bond donors (Lipinski definition) is 0. The van der Waals surface area contributed by atoms with E-state index in [4.69, 9.17) is 27.6 Å². The molecule has 0 radical (unpaired) electrons. The second-order valence-electron chi connectivity index (χ2n) is 3.61. The summed E-state index contributed by atoms with van der Waals surface area (Å²) in [6.07, 6.45) is 1.32. The van der Waals surface area contributed by atoms with Gasteiger partial charge in [-0.2, -0.15) is 0 Å². The first-order valence-corrected chi connectivity index (χ1v) is 5.67. The van der Waals surface area contributed by atoms with Gasteiger partial charge in [-0.1, -0.05) is 23.2 Å². The number of aromatic nitrogens is 1. The van der Waals surface area contributed by atoms with Gasteiger partial charge < -0.3 is 4.42 Å². The fraction of sp³-hybridized carbons (Fsp3) is 0.167. The van der Waals surface area contributed by atoms with Crippen molar-refractivity contribution < 1.29 is 9.21 Å². The Morgan fingerprint density at radius 2 is 2.06 bits per heavy atom. The number of carbonyl (C=O) groups excluding carboxylic acids is 1. The van der Waals surface area contributed by atoms with Crippen LogP contribution in [0.25, 0.3) is 11.3 Å². The third kappa shape index (κ3) is 2.08. The molecular formula is C12H9Cl2NO2. The molecule has 1 aromatic carbocycles. The number of rotatable bonds is 2. The zero-order valence-electron chi connectivity index (χ0n) is 9.25. The van der Waals surface area contributed by atoms with E-state index < -0.39 is 0 Å². The van der Waals surface area contributed by atoms with Crippen LogP contribution in [0.5, 0.6) is 0 Å². The Bertz CT molecular complexity index is 590. The molecule has 0 fully saturated rings. The SMILES string of the molecule is CC(=O)c1ccc(Cl)c(-c2ocnc2C)c1Cl. The predicted octanol–water partition coefficient (Wildman–Crippen LogP) is 4.16. The highest BCUT2D eigenvalue weighted by Gasteiger charge is 2.19. The number of carbonyl (C=O) groups is 1. The average Bonchev–Trinajstić information content (AvgIpc) is 2.64. The lowest BCUT2D eigenvalue weighted by Crippen LogP contribution is -1.95. The quantitative estimate of drug-likeness (QED) is 0.769. The van der Waals surface area contributed by atoms with Crippen molar-refractivity contribution in [2.75, 3.05) is 0 Å². The molecule has 0 unspecified atom stereocenters. The van der Waals surface area contributed by atoms with Crippen molar-refractivity contribution in [2.24, 2.45) is 0 Å². The van der Waals surface area contributed by atoms with Crippen LogP contribution in [0, 0.1) is 6.92 Å². The summed E-state index contributed by atoms with van der Waals surface area (Å²) >= 11 is 12.3. The molecule has 88 valence electrons. The second kappa shape index (κ2) is 4.51. The van der Waals surface area contributed by atoms with Crippen molar-refractivity contribution in [3.05, 3.63) is 39.8 Å². The number of nitrogens with zero attached hydrogens (tertiary/aromatic N) is 1. The molecular weight excluding hydrogens is 261 g/mol. The van der Waals surface area contributed by atoms with Gasteiger partial charge in [0.25, 0.3) is 0 Å². The highest BCUT2D eigenvalue weighted by molar-refractivity contribution is 6.41. The molecule has 0 amide bonds. The Hall–Kier alpha value is -1.32. The third-order valence-corrected chi connectivity index (χ3v) is 3.15. The summed E-state index contributed by atoms with van der Waals surface area (Å²) < 4.78 is 5.26. The number of oxazole rings is 1. The molecule has 0 N–H and O–H groups in total. The normalized spacial score (nSPS) is 10.6. The van der Waals surface area contributed by atoms with Gasteiger partial charge in [-0.05, 0) is 26.0 Å². The molecule has 0 spiro atoms. The minimum Gasteiger partial charge on any atom is -0.443 e. The summed E-state index contributed by atoms with van der Waals surface area (Å²) in [5, 5.41) is 0.727. The molecule has 1 heterocycles. The molecule has 1 aromatic heterocycles. The summed E-state index contributed by atoms with van der Waals surface area (Å²) in [6.45, 7) is 3.23. The van der Waals surface area contributed by atoms with E-state index >= 15 is 0 Å². The molecule has 0 atom stereocenters. The van der Waals surface area contributed by atoms with Crippen molar-refractivity contribution in [1.29, 1.82) is 0 Å². The smallest absolute Gasteiger partial charge is 0.181 e. The maximum absolute atomic E-state index is 11.4. The summed E-state index contributed by atoms with van der Waals surface area (Å²) in [5.41, 5.74) is 1.60. The molecule has 0 bridgehead atoms. The van der Waals surface area contributed by atoms with E-state index in [0.717, 1.165) is 0 Å². The van der Waals surface area contributed by atoms with E-state index in [1.54, 1.807) is 19.1 Å². The number of aryl methyl sites for hydroxylation is 1. The second-order valence-corrected chi connectivity index (χ2v) is 4.39. The van der Waals surface area contributed by atoms with Crippen molar-refractivity contribution in [3.8, 4) is 11.3 Å². The monoisotopic (exact) mass is 269 g/mol. The number of hydrogen-bond acceptors (Lipinski definition) is 3. The van der Waals surface area contributed by atoms with Crippen LogP contribution in [0.4, 0.5) is 0 Å². The Morgan fingerprint density at radius 1 is 1.35 bits per heavy atom. The first-order valence-electron chi connectivity index (χ1n) is 4.91. The van der Waals surface area contributed by atoms with Gasteiger partial charge in [-0.15, -0.1) is 0 Å². The van der Waals surface area contributed by atoms with Gasteiger partial charge in [0.1, 0.15) is 0 Å². The molecule has 2 aromatic rings. The summed E-state index contributed by atoms with van der Waals surface area (Å²) in [7, 11) is 0. The molecule has 0 aliphatic rings. The molecule has 0 saturated heterocycles. The lowest BCUT2D eigenvalue weighted by Gasteiger charge is -2.08. The van der Waals surface area contributed by atoms with Crippen LogP contribution >= 0.6 is 23.2 Å². The van der Waals surface area contributed by atoms with Crippen LogP contribution in [-0.4, -0.2) is 10.8 Å². The first kappa shape index (κ1) is 12.1. The molecule has 0 saturated carbocycles. The van der Waals surface area contributed by atoms with Crippen LogP contribution in [0.1, 0.15) is 23.0 Å². The van der Waals surface area contributed by atoms with Crippen molar-refractivity contribution in [1.82, 2.24) is 4.98 Å². The van der Waals surface area contributed by atoms with Gasteiger partial charge in [0.2, 0.25) is 0 Å². The fourth-order valence-corrected chi connectivity index (χ4v) is 2.25. The minimum absolute atomic E-state index is 0.120. The highest BCUT2D eigenvalue weighted by atomic mass is 35.5. The zero-order valence-corrected chi connectivity index (χ0v) is 10.8. The number of Topliss-reactive ketones (excluding diaryl/α,β-unsaturated/α-hetero) is 1. The van der Waals surface area contributed by atoms with Gasteiger partial charge >= 0.3 is 0 Å². The number of benzene rings is 1. The molecule has 5 heteroatoms. The third-order valence-electron chi connectivity index (χ3n) is 2.44. The van der Waals surface area contributed by atoms with Gasteiger partial charge in [0.05, 0.1) is 21.3 Å². The molecule has 2 rings (SSSR count). The van der Waals surface area contributed by atoms with E-state index in [2.05, 4.69) is 4.98 Å². The van der Waals surface area contributed by atoms with Gasteiger partial charge in [-0.3, -0.25) is 4.79 Å². The lowest BCUT2D eigenvalue weighted by atomic mass is 10.0. The Kier molecular flexibility index (Phi) is 3.22. The Morgan fingerprint density at radius 3 is 2.59 bits per heavy atom. The van der Waals surface area contributed by atoms with E-state index in [-0.39, 0.29) is 5.78 Å². The average molecular weight is 270 g/mol. The highest BCUT2D eigenvalue weighted by Crippen LogP contribution is 2.38. The van der Waals surface area contributed by atoms with Crippen molar-refractivity contribution in [3.63, 3.8) is 0 Å². The Labute approximate surface area is 108 Å². The number of ketones is 1. The van der Waals surface area contributed by atoms with Crippen LogP contribution in [0.2, 0.25) is 10.0 Å². The van der Waals surface area contributed by atoms with Crippen LogP contribution in [0.15, 0.2) is 22.9 Å². The van der Waals surface area contributed by atoms with Crippen molar-refractivity contribution in [2.45, 2.75) is 13.8 Å². The summed E-state index contributed by atoms with van der Waals surface area (Å²) in [4.78, 5) is 15.4. The fourth-order valence-electron chi connectivity index (χ4n) is 1.57. The standard InChI is InChI=1S/C12H9Cl2NO2/c1-6-12(17-5-15-6)10-9(13)4-3-8(7(2)16)11(10)14/h3-5H,1-2H3. The van der Waals surface area contributed by atoms with Crippen LogP contribution < -0.4 is 0 Å². The zero-order chi connectivity index (χ0) is 12.6. The molecule has 0 aliphatic carbocycles. The van der Waals surface area contributed by atoms with Crippen LogP contribution in [0.3, 0.4) is 0 Å². The molecule has 17 heavy (non-hydrogen) atoms. The van der Waals surface area contributed by atoms with Gasteiger partial charge in [0, 0.05) is 5.56 Å². The van der Waals surface area contributed by atoms with E-state index in [1.807, 2.05) is 0 Å². The topological polar surface area (TPSA) is 43.1 Å². The largest absolute Gasteiger partial charge is 0.443 e. The van der Waals surface area contributed by atoms with Crippen LogP contribution in [-0.2, 0) is 0 Å². The maximum atomic E-state index is 11.4.